The lowest BCUT2D eigenvalue weighted by atomic mass is 10.2. The van der Waals surface area contributed by atoms with E-state index in [2.05, 4.69) is 0 Å². The second-order valence-corrected chi connectivity index (χ2v) is 6.06. The molecule has 1 heterocycles. The van der Waals surface area contributed by atoms with Gasteiger partial charge in [-0.15, -0.1) is 11.8 Å². The molecule has 1 atom stereocenters. The van der Waals surface area contributed by atoms with E-state index in [0.717, 1.165) is 5.56 Å². The first-order chi connectivity index (χ1) is 10.1. The number of carboxylic acid groups (broad SMARTS) is 1. The van der Waals surface area contributed by atoms with Crippen molar-refractivity contribution in [3.8, 4) is 0 Å². The summed E-state index contributed by atoms with van der Waals surface area (Å²) in [7, 11) is 0. The minimum absolute atomic E-state index is 0.0585. The van der Waals surface area contributed by atoms with Crippen LogP contribution in [0, 0.1) is 0 Å². The van der Waals surface area contributed by atoms with Crippen LogP contribution < -0.4 is 0 Å². The van der Waals surface area contributed by atoms with Crippen molar-refractivity contribution in [2.45, 2.75) is 11.8 Å². The number of aliphatic carboxylic acids is 1. The maximum absolute atomic E-state index is 12.1. The van der Waals surface area contributed by atoms with Gasteiger partial charge in [0.15, 0.2) is 6.04 Å². The Kier molecular flexibility index (Phi) is 5.90. The van der Waals surface area contributed by atoms with Crippen LogP contribution in [-0.4, -0.2) is 53.4 Å². The number of benzene rings is 1. The molecule has 1 amide bonds. The average Bonchev–Trinajstić information content (AvgIpc) is 2.49. The molecule has 0 saturated carbocycles. The normalized spacial score (nSPS) is 18.5. The van der Waals surface area contributed by atoms with Crippen LogP contribution in [0.2, 0.25) is 5.02 Å². The Bertz CT molecular complexity index is 508. The highest BCUT2D eigenvalue weighted by Crippen LogP contribution is 2.17. The molecule has 1 aliphatic heterocycles. The number of amides is 1. The van der Waals surface area contributed by atoms with Crippen LogP contribution in [0.15, 0.2) is 24.3 Å². The molecule has 1 aromatic rings. The van der Waals surface area contributed by atoms with E-state index < -0.39 is 12.0 Å². The van der Waals surface area contributed by atoms with Crippen LogP contribution in [0.1, 0.15) is 5.56 Å². The zero-order valence-corrected chi connectivity index (χ0v) is 12.9. The fraction of sp³-hybridized carbons (Fsp3) is 0.429. The Morgan fingerprint density at radius 2 is 2.10 bits per heavy atom. The molecule has 0 aromatic heterocycles. The van der Waals surface area contributed by atoms with E-state index in [-0.39, 0.29) is 18.3 Å². The van der Waals surface area contributed by atoms with Crippen LogP contribution in [0.3, 0.4) is 0 Å². The summed E-state index contributed by atoms with van der Waals surface area (Å²) in [5, 5.41) is 9.77. The molecule has 0 spiro atoms. The van der Waals surface area contributed by atoms with Gasteiger partial charge in [-0.2, -0.15) is 0 Å². The molecule has 114 valence electrons. The monoisotopic (exact) mass is 329 g/mol. The number of hydrogen-bond donors (Lipinski definition) is 1. The zero-order chi connectivity index (χ0) is 15.2. The van der Waals surface area contributed by atoms with E-state index in [1.807, 2.05) is 24.3 Å². The first kappa shape index (κ1) is 16.1. The number of hydrogen-bond acceptors (Lipinski definition) is 4. The van der Waals surface area contributed by atoms with E-state index in [1.165, 1.54) is 16.7 Å². The fourth-order valence-electron chi connectivity index (χ4n) is 2.03. The summed E-state index contributed by atoms with van der Waals surface area (Å²) < 4.78 is 5.11. The summed E-state index contributed by atoms with van der Waals surface area (Å²) in [4.78, 5) is 24.6. The molecule has 1 saturated heterocycles. The number of halogens is 1. The molecule has 2 rings (SSSR count). The first-order valence-corrected chi connectivity index (χ1v) is 8.03. The second-order valence-electron chi connectivity index (χ2n) is 4.64. The van der Waals surface area contributed by atoms with Crippen molar-refractivity contribution in [3.05, 3.63) is 34.9 Å². The van der Waals surface area contributed by atoms with Crippen molar-refractivity contribution in [2.24, 2.45) is 0 Å². The highest BCUT2D eigenvalue weighted by atomic mass is 35.5. The third-order valence-electron chi connectivity index (χ3n) is 3.14. The molecule has 0 bridgehead atoms. The van der Waals surface area contributed by atoms with Gasteiger partial charge < -0.3 is 14.7 Å². The number of carbonyl (C=O) groups is 2. The van der Waals surface area contributed by atoms with E-state index >= 15 is 0 Å². The van der Waals surface area contributed by atoms with Gasteiger partial charge in [0, 0.05) is 17.3 Å². The number of rotatable bonds is 5. The van der Waals surface area contributed by atoms with Crippen LogP contribution in [-0.2, 0) is 20.1 Å². The predicted molar refractivity (Wildman–Crippen MR) is 81.6 cm³/mol. The summed E-state index contributed by atoms with van der Waals surface area (Å²) >= 11 is 7.27. The Labute approximate surface area is 132 Å². The minimum Gasteiger partial charge on any atom is -0.480 e. The lowest BCUT2D eigenvalue weighted by molar-refractivity contribution is -0.157. The summed E-state index contributed by atoms with van der Waals surface area (Å²) in [6.45, 7) is 0.775. The summed E-state index contributed by atoms with van der Waals surface area (Å²) in [6, 6.07) is 6.56. The predicted octanol–water partition coefficient (Wildman–Crippen LogP) is 1.89. The lowest BCUT2D eigenvalue weighted by Crippen LogP contribution is -2.53. The molecule has 1 unspecified atom stereocenters. The molecule has 1 aliphatic rings. The molecule has 0 aliphatic carbocycles. The Morgan fingerprint density at radius 1 is 1.38 bits per heavy atom. The van der Waals surface area contributed by atoms with E-state index in [1.54, 1.807) is 0 Å². The maximum Gasteiger partial charge on any atom is 0.328 e. The third-order valence-corrected chi connectivity index (χ3v) is 4.38. The molecule has 7 heteroatoms. The lowest BCUT2D eigenvalue weighted by Gasteiger charge is -2.32. The van der Waals surface area contributed by atoms with Crippen LogP contribution in [0.25, 0.3) is 0 Å². The standard InChI is InChI=1S/C14H16ClNO4S/c15-11-3-1-10(2-4-11)8-21-9-13(17)16-5-6-20-7-12(16)14(18)19/h1-4,12H,5-9H2,(H,18,19). The van der Waals surface area contributed by atoms with Gasteiger partial charge in [-0.3, -0.25) is 4.79 Å². The molecule has 21 heavy (non-hydrogen) atoms. The van der Waals surface area contributed by atoms with Gasteiger partial charge in [-0.05, 0) is 17.7 Å². The SMILES string of the molecule is O=C(O)C1COCCN1C(=O)CSCc1ccc(Cl)cc1. The van der Waals surface area contributed by atoms with Crippen molar-refractivity contribution >= 4 is 35.2 Å². The van der Waals surface area contributed by atoms with E-state index in [0.29, 0.717) is 23.9 Å². The number of thioether (sulfide) groups is 1. The quantitative estimate of drug-likeness (QED) is 0.893. The summed E-state index contributed by atoms with van der Waals surface area (Å²) in [5.74, 6) is -0.243. The Balaban J connectivity index is 1.83. The van der Waals surface area contributed by atoms with Crippen molar-refractivity contribution in [2.75, 3.05) is 25.5 Å². The van der Waals surface area contributed by atoms with Crippen LogP contribution in [0.4, 0.5) is 0 Å². The number of nitrogens with zero attached hydrogens (tertiary/aromatic N) is 1. The Hall–Kier alpha value is -1.24. The number of carboxylic acids is 1. The van der Waals surface area contributed by atoms with Crippen LogP contribution >= 0.6 is 23.4 Å². The van der Waals surface area contributed by atoms with Gasteiger partial charge in [-0.25, -0.2) is 4.79 Å². The molecule has 5 nitrogen and oxygen atoms in total. The highest BCUT2D eigenvalue weighted by Gasteiger charge is 2.32. The third kappa shape index (κ3) is 4.62. The molecular formula is C14H16ClNO4S. The molecule has 1 aromatic carbocycles. The Morgan fingerprint density at radius 3 is 2.76 bits per heavy atom. The topological polar surface area (TPSA) is 66.8 Å². The van der Waals surface area contributed by atoms with Gasteiger partial charge in [0.25, 0.3) is 0 Å². The molecule has 1 N–H and O–H groups in total. The van der Waals surface area contributed by atoms with Gasteiger partial charge in [0.05, 0.1) is 19.0 Å². The number of morpholine rings is 1. The van der Waals surface area contributed by atoms with Crippen molar-refractivity contribution < 1.29 is 19.4 Å². The van der Waals surface area contributed by atoms with Gasteiger partial charge >= 0.3 is 5.97 Å². The average molecular weight is 330 g/mol. The fourth-order valence-corrected chi connectivity index (χ4v) is 3.02. The first-order valence-electron chi connectivity index (χ1n) is 6.50. The second kappa shape index (κ2) is 7.68. The zero-order valence-electron chi connectivity index (χ0n) is 11.3. The maximum atomic E-state index is 12.1. The van der Waals surface area contributed by atoms with Crippen LogP contribution in [0.5, 0.6) is 0 Å². The van der Waals surface area contributed by atoms with Crippen molar-refractivity contribution in [3.63, 3.8) is 0 Å². The summed E-state index contributed by atoms with van der Waals surface area (Å²) in [5.41, 5.74) is 1.08. The van der Waals surface area contributed by atoms with Gasteiger partial charge in [0.1, 0.15) is 0 Å². The van der Waals surface area contributed by atoms with Gasteiger partial charge in [0.2, 0.25) is 5.91 Å². The smallest absolute Gasteiger partial charge is 0.328 e. The van der Waals surface area contributed by atoms with E-state index in [4.69, 9.17) is 21.4 Å². The number of ether oxygens (including phenoxy) is 1. The highest BCUT2D eigenvalue weighted by molar-refractivity contribution is 7.99. The van der Waals surface area contributed by atoms with Gasteiger partial charge in [-0.1, -0.05) is 23.7 Å². The minimum atomic E-state index is -1.02. The molecule has 0 radical (unpaired) electrons. The molecular weight excluding hydrogens is 314 g/mol. The van der Waals surface area contributed by atoms with Crippen molar-refractivity contribution in [1.82, 2.24) is 4.90 Å². The molecule has 1 fully saturated rings. The van der Waals surface area contributed by atoms with E-state index in [9.17, 15) is 9.59 Å². The van der Waals surface area contributed by atoms with Crippen molar-refractivity contribution in [1.29, 1.82) is 0 Å². The largest absolute Gasteiger partial charge is 0.480 e. The summed E-state index contributed by atoms with van der Waals surface area (Å²) in [6.07, 6.45) is 0. The number of carbonyl (C=O) groups excluding carboxylic acids is 1.